The van der Waals surface area contributed by atoms with Gasteiger partial charge in [-0.2, -0.15) is 5.10 Å². The Bertz CT molecular complexity index is 1270. The molecular formula is C25H28N6O2S. The lowest BCUT2D eigenvalue weighted by atomic mass is 9.92. The van der Waals surface area contributed by atoms with Gasteiger partial charge in [-0.3, -0.25) is 9.36 Å². The zero-order valence-corrected chi connectivity index (χ0v) is 20.4. The number of rotatable bonds is 8. The van der Waals surface area contributed by atoms with E-state index in [1.54, 1.807) is 10.9 Å². The fraction of sp³-hybridized carbons (Fsp3) is 0.360. The molecule has 4 aromatic rings. The van der Waals surface area contributed by atoms with Gasteiger partial charge in [0.15, 0.2) is 5.16 Å². The summed E-state index contributed by atoms with van der Waals surface area (Å²) in [5, 5.41) is 17.3. The quantitative estimate of drug-likeness (QED) is 0.360. The molecule has 34 heavy (non-hydrogen) atoms. The summed E-state index contributed by atoms with van der Waals surface area (Å²) in [4.78, 5) is 13.0. The minimum Gasteiger partial charge on any atom is -0.467 e. The molecule has 0 radical (unpaired) electrons. The molecule has 8 nitrogen and oxygen atoms in total. The first kappa shape index (κ1) is 22.5. The molecule has 0 unspecified atom stereocenters. The highest BCUT2D eigenvalue weighted by Gasteiger charge is 2.31. The van der Waals surface area contributed by atoms with E-state index in [1.807, 2.05) is 48.5 Å². The molecule has 5 rings (SSSR count). The average Bonchev–Trinajstić information content (AvgIpc) is 3.19. The molecule has 9 heteroatoms. The summed E-state index contributed by atoms with van der Waals surface area (Å²) in [6, 6.07) is 15.6. The summed E-state index contributed by atoms with van der Waals surface area (Å²) >= 11 is 1.38. The lowest BCUT2D eigenvalue weighted by molar-refractivity contribution is -0.113. The number of hydrogen-bond donors (Lipinski definition) is 1. The van der Waals surface area contributed by atoms with E-state index in [2.05, 4.69) is 40.9 Å². The van der Waals surface area contributed by atoms with Crippen molar-refractivity contribution < 1.29 is 9.21 Å². The number of benzene rings is 1. The van der Waals surface area contributed by atoms with Gasteiger partial charge in [-0.1, -0.05) is 50.7 Å². The number of nitrogens with one attached hydrogen (secondary N) is 1. The second kappa shape index (κ2) is 9.13. The van der Waals surface area contributed by atoms with Crippen molar-refractivity contribution in [3.8, 4) is 5.69 Å². The van der Waals surface area contributed by atoms with Gasteiger partial charge in [-0.15, -0.1) is 10.2 Å². The molecule has 0 atom stereocenters. The maximum Gasteiger partial charge on any atom is 0.236 e. The number of thioether (sulfide) groups is 1. The van der Waals surface area contributed by atoms with Crippen molar-refractivity contribution in [2.75, 3.05) is 11.1 Å². The number of para-hydroxylation sites is 1. The van der Waals surface area contributed by atoms with Crippen LogP contribution in [0.2, 0.25) is 0 Å². The second-order valence-corrected chi connectivity index (χ2v) is 10.5. The third-order valence-corrected chi connectivity index (χ3v) is 6.63. The Hall–Kier alpha value is -3.33. The number of carbonyl (C=O) groups excluding carboxylic acids is 1. The Balaban J connectivity index is 1.32. The molecule has 1 amide bonds. The van der Waals surface area contributed by atoms with E-state index >= 15 is 0 Å². The van der Waals surface area contributed by atoms with Crippen LogP contribution in [0.3, 0.4) is 0 Å². The zero-order valence-electron chi connectivity index (χ0n) is 19.6. The van der Waals surface area contributed by atoms with Gasteiger partial charge in [0.05, 0.1) is 29.9 Å². The Morgan fingerprint density at radius 2 is 1.94 bits per heavy atom. The van der Waals surface area contributed by atoms with Gasteiger partial charge in [-0.05, 0) is 37.1 Å². The van der Waals surface area contributed by atoms with Gasteiger partial charge in [0.25, 0.3) is 0 Å². The fourth-order valence-corrected chi connectivity index (χ4v) is 4.41. The number of nitrogens with zero attached hydrogens (tertiary/aromatic N) is 5. The van der Waals surface area contributed by atoms with E-state index in [-0.39, 0.29) is 17.1 Å². The first-order valence-corrected chi connectivity index (χ1v) is 12.4. The van der Waals surface area contributed by atoms with Gasteiger partial charge < -0.3 is 9.73 Å². The van der Waals surface area contributed by atoms with Crippen molar-refractivity contribution in [3.63, 3.8) is 0 Å². The molecule has 0 spiro atoms. The van der Waals surface area contributed by atoms with Crippen LogP contribution in [0.15, 0.2) is 64.4 Å². The molecule has 1 saturated carbocycles. The molecule has 1 aliphatic carbocycles. The summed E-state index contributed by atoms with van der Waals surface area (Å²) < 4.78 is 9.39. The molecule has 0 aliphatic heterocycles. The Kier molecular flexibility index (Phi) is 6.03. The summed E-state index contributed by atoms with van der Waals surface area (Å²) in [7, 11) is 0. The molecule has 1 fully saturated rings. The standard InChI is InChI=1S/C25H28N6O2S/c1-25(2,3)20-14-21(31(29-20)18-8-5-4-6-9-18)26-22(32)16-34-24-28-27-23(17-11-12-17)30(24)15-19-10-7-13-33-19/h4-10,13-14,17H,11-12,15-16H2,1-3H3,(H,26,32). The molecule has 1 aromatic carbocycles. The highest BCUT2D eigenvalue weighted by Crippen LogP contribution is 2.40. The highest BCUT2D eigenvalue weighted by atomic mass is 32.2. The van der Waals surface area contributed by atoms with Crippen molar-refractivity contribution in [1.82, 2.24) is 24.5 Å². The normalized spacial score (nSPS) is 13.9. The number of furan rings is 1. The Morgan fingerprint density at radius 1 is 1.15 bits per heavy atom. The second-order valence-electron chi connectivity index (χ2n) is 9.53. The van der Waals surface area contributed by atoms with E-state index in [1.165, 1.54) is 11.8 Å². The van der Waals surface area contributed by atoms with Crippen LogP contribution in [0.5, 0.6) is 0 Å². The van der Waals surface area contributed by atoms with Gasteiger partial charge >= 0.3 is 0 Å². The lowest BCUT2D eigenvalue weighted by Crippen LogP contribution is -2.17. The topological polar surface area (TPSA) is 90.8 Å². The zero-order chi connectivity index (χ0) is 23.7. The molecule has 176 valence electrons. The van der Waals surface area contributed by atoms with Gasteiger partial charge in [0.2, 0.25) is 5.91 Å². The first-order chi connectivity index (χ1) is 16.4. The number of carbonyl (C=O) groups is 1. The molecular weight excluding hydrogens is 448 g/mol. The monoisotopic (exact) mass is 476 g/mol. The minimum absolute atomic E-state index is 0.122. The van der Waals surface area contributed by atoms with Crippen LogP contribution in [-0.4, -0.2) is 36.2 Å². The van der Waals surface area contributed by atoms with E-state index < -0.39 is 0 Å². The maximum absolute atomic E-state index is 13.0. The third-order valence-electron chi connectivity index (χ3n) is 5.66. The van der Waals surface area contributed by atoms with Gasteiger partial charge in [0.1, 0.15) is 17.4 Å². The van der Waals surface area contributed by atoms with E-state index in [4.69, 9.17) is 9.52 Å². The number of anilines is 1. The molecule has 3 heterocycles. The van der Waals surface area contributed by atoms with Gasteiger partial charge in [-0.25, -0.2) is 4.68 Å². The Labute approximate surface area is 202 Å². The fourth-order valence-electron chi connectivity index (χ4n) is 3.67. The van der Waals surface area contributed by atoms with Crippen LogP contribution in [0, 0.1) is 0 Å². The van der Waals surface area contributed by atoms with Crippen molar-refractivity contribution in [1.29, 1.82) is 0 Å². The maximum atomic E-state index is 13.0. The third kappa shape index (κ3) is 4.94. The molecule has 0 saturated heterocycles. The largest absolute Gasteiger partial charge is 0.467 e. The van der Waals surface area contributed by atoms with Crippen molar-refractivity contribution >= 4 is 23.5 Å². The highest BCUT2D eigenvalue weighted by molar-refractivity contribution is 7.99. The summed E-state index contributed by atoms with van der Waals surface area (Å²) in [6.45, 7) is 6.88. The predicted octanol–water partition coefficient (Wildman–Crippen LogP) is 5.01. The van der Waals surface area contributed by atoms with Gasteiger partial charge in [0, 0.05) is 17.4 Å². The summed E-state index contributed by atoms with van der Waals surface area (Å²) in [6.07, 6.45) is 3.92. The number of aromatic nitrogens is 5. The van der Waals surface area contributed by atoms with Crippen LogP contribution >= 0.6 is 11.8 Å². The van der Waals surface area contributed by atoms with Crippen LogP contribution in [-0.2, 0) is 16.8 Å². The minimum atomic E-state index is -0.143. The number of amides is 1. The summed E-state index contributed by atoms with van der Waals surface area (Å²) in [5.41, 5.74) is 1.66. The van der Waals surface area contributed by atoms with Crippen molar-refractivity contribution in [2.24, 2.45) is 0 Å². The smallest absolute Gasteiger partial charge is 0.236 e. The number of hydrogen-bond acceptors (Lipinski definition) is 6. The molecule has 0 bridgehead atoms. The van der Waals surface area contributed by atoms with Crippen LogP contribution in [0.4, 0.5) is 5.82 Å². The molecule has 1 aliphatic rings. The first-order valence-electron chi connectivity index (χ1n) is 11.4. The van der Waals surface area contributed by atoms with E-state index in [0.29, 0.717) is 18.3 Å². The predicted molar refractivity (Wildman–Crippen MR) is 131 cm³/mol. The summed E-state index contributed by atoms with van der Waals surface area (Å²) in [5.74, 6) is 3.00. The Morgan fingerprint density at radius 3 is 2.62 bits per heavy atom. The lowest BCUT2D eigenvalue weighted by Gasteiger charge is -2.14. The molecule has 3 aromatic heterocycles. The van der Waals surface area contributed by atoms with E-state index in [9.17, 15) is 4.79 Å². The van der Waals surface area contributed by atoms with Crippen LogP contribution < -0.4 is 5.32 Å². The van der Waals surface area contributed by atoms with Crippen LogP contribution in [0.25, 0.3) is 5.69 Å². The van der Waals surface area contributed by atoms with E-state index in [0.717, 1.165) is 41.0 Å². The van der Waals surface area contributed by atoms with Crippen molar-refractivity contribution in [3.05, 3.63) is 72.1 Å². The van der Waals surface area contributed by atoms with Crippen LogP contribution in [0.1, 0.15) is 56.8 Å². The van der Waals surface area contributed by atoms with Crippen molar-refractivity contribution in [2.45, 2.75) is 56.6 Å². The SMILES string of the molecule is CC(C)(C)c1cc(NC(=O)CSc2nnc(C3CC3)n2Cc2ccco2)n(-c2ccccc2)n1. The average molecular weight is 477 g/mol. The molecule has 1 N–H and O–H groups in total.